The number of phosphoric ester groups is 1. The summed E-state index contributed by atoms with van der Waals surface area (Å²) in [5, 5.41) is 0. The summed E-state index contributed by atoms with van der Waals surface area (Å²) in [4.78, 5) is 35.0. The average molecular weight is 860 g/mol. The Kier molecular flexibility index (Phi) is 43.6. The van der Waals surface area contributed by atoms with Crippen molar-refractivity contribution >= 4 is 19.8 Å². The molecule has 0 fully saturated rings. The van der Waals surface area contributed by atoms with Crippen molar-refractivity contribution < 1.29 is 37.6 Å². The molecule has 0 saturated carbocycles. The van der Waals surface area contributed by atoms with E-state index in [0.717, 1.165) is 83.5 Å². The molecule has 0 radical (unpaired) electrons. The van der Waals surface area contributed by atoms with Crippen molar-refractivity contribution in [3.8, 4) is 0 Å². The summed E-state index contributed by atoms with van der Waals surface area (Å²) in [7, 11) is -4.40. The number of carbonyl (C=O) groups excluding carboxylic acids is 2. The first-order valence-corrected chi connectivity index (χ1v) is 25.1. The van der Waals surface area contributed by atoms with Crippen molar-refractivity contribution in [1.29, 1.82) is 0 Å². The van der Waals surface area contributed by atoms with Crippen LogP contribution in [0.4, 0.5) is 0 Å². The molecule has 344 valence electrons. The number of phosphoric acid groups is 1. The van der Waals surface area contributed by atoms with Crippen LogP contribution in [0.2, 0.25) is 0 Å². The molecule has 0 bridgehead atoms. The first-order chi connectivity index (χ1) is 29.3. The molecule has 0 aromatic heterocycles. The number of allylic oxidation sites excluding steroid dienone is 14. The second-order valence-electron chi connectivity index (χ2n) is 15.2. The van der Waals surface area contributed by atoms with Gasteiger partial charge in [-0.25, -0.2) is 4.57 Å². The third kappa shape index (κ3) is 44.7. The topological polar surface area (TPSA) is 134 Å². The van der Waals surface area contributed by atoms with Crippen LogP contribution in [0.5, 0.6) is 0 Å². The number of ether oxygens (including phenoxy) is 2. The molecule has 0 aliphatic heterocycles. The lowest BCUT2D eigenvalue weighted by Gasteiger charge is -2.19. The summed E-state index contributed by atoms with van der Waals surface area (Å²) >= 11 is 0. The maximum absolute atomic E-state index is 12.6. The molecule has 0 saturated heterocycles. The smallest absolute Gasteiger partial charge is 0.462 e. The fourth-order valence-electron chi connectivity index (χ4n) is 6.04. The molecule has 0 aromatic carbocycles. The highest BCUT2D eigenvalue weighted by molar-refractivity contribution is 7.47. The quantitative estimate of drug-likeness (QED) is 0.0266. The predicted molar refractivity (Wildman–Crippen MR) is 252 cm³/mol. The first kappa shape index (κ1) is 57.2. The Morgan fingerprint density at radius 3 is 1.42 bits per heavy atom. The minimum Gasteiger partial charge on any atom is -0.462 e. The second-order valence-corrected chi connectivity index (χ2v) is 16.7. The van der Waals surface area contributed by atoms with Crippen LogP contribution in [-0.4, -0.2) is 49.3 Å². The molecule has 0 heterocycles. The third-order valence-electron chi connectivity index (χ3n) is 9.52. The van der Waals surface area contributed by atoms with Gasteiger partial charge in [-0.2, -0.15) is 0 Å². The highest BCUT2D eigenvalue weighted by atomic mass is 31.2. The van der Waals surface area contributed by atoms with Gasteiger partial charge in [0, 0.05) is 19.4 Å². The van der Waals surface area contributed by atoms with Gasteiger partial charge in [-0.3, -0.25) is 18.6 Å². The molecule has 2 atom stereocenters. The van der Waals surface area contributed by atoms with Gasteiger partial charge < -0.3 is 20.1 Å². The SMILES string of the molecule is CC/C=C\C/C=C\C/C=C\C/C=C\C/C=C\C/C=C\CCCCC(=O)OC(COC(=O)CCCCCCCCC/C=C\CCCCCCCCC)COP(=O)(O)OCCN. The zero-order valence-corrected chi connectivity index (χ0v) is 38.8. The lowest BCUT2D eigenvalue weighted by atomic mass is 10.1. The Bertz CT molecular complexity index is 1250. The van der Waals surface area contributed by atoms with E-state index < -0.39 is 32.5 Å². The Morgan fingerprint density at radius 1 is 0.517 bits per heavy atom. The normalized spacial score (nSPS) is 14.0. The fourth-order valence-corrected chi connectivity index (χ4v) is 6.81. The van der Waals surface area contributed by atoms with Crippen molar-refractivity contribution in [2.75, 3.05) is 26.4 Å². The van der Waals surface area contributed by atoms with Crippen molar-refractivity contribution in [3.05, 3.63) is 85.1 Å². The maximum atomic E-state index is 12.6. The molecular weight excluding hydrogens is 774 g/mol. The van der Waals surface area contributed by atoms with Gasteiger partial charge in [-0.05, 0) is 89.9 Å². The van der Waals surface area contributed by atoms with Crippen LogP contribution in [0.15, 0.2) is 85.1 Å². The van der Waals surface area contributed by atoms with Crippen molar-refractivity contribution in [1.82, 2.24) is 0 Å². The molecule has 2 unspecified atom stereocenters. The van der Waals surface area contributed by atoms with E-state index in [1.165, 1.54) is 70.6 Å². The molecule has 10 heteroatoms. The van der Waals surface area contributed by atoms with E-state index in [-0.39, 0.29) is 32.6 Å². The van der Waals surface area contributed by atoms with Gasteiger partial charge in [0.25, 0.3) is 0 Å². The molecule has 0 amide bonds. The number of esters is 2. The van der Waals surface area contributed by atoms with Crippen LogP contribution in [0, 0.1) is 0 Å². The summed E-state index contributed by atoms with van der Waals surface area (Å²) in [6, 6.07) is 0. The fraction of sp³-hybridized carbons (Fsp3) is 0.680. The van der Waals surface area contributed by atoms with Gasteiger partial charge in [0.1, 0.15) is 6.61 Å². The molecule has 3 N–H and O–H groups in total. The number of carbonyl (C=O) groups is 2. The number of hydrogen-bond acceptors (Lipinski definition) is 8. The van der Waals surface area contributed by atoms with Gasteiger partial charge in [-0.15, -0.1) is 0 Å². The number of rotatable bonds is 43. The molecule has 9 nitrogen and oxygen atoms in total. The van der Waals surface area contributed by atoms with Crippen LogP contribution in [0.1, 0.15) is 187 Å². The van der Waals surface area contributed by atoms with Crippen molar-refractivity contribution in [2.24, 2.45) is 5.73 Å². The molecule has 0 spiro atoms. The van der Waals surface area contributed by atoms with Gasteiger partial charge in [-0.1, -0.05) is 170 Å². The van der Waals surface area contributed by atoms with E-state index in [2.05, 4.69) is 98.9 Å². The Balaban J connectivity index is 4.22. The van der Waals surface area contributed by atoms with Crippen LogP contribution in [0.3, 0.4) is 0 Å². The minimum atomic E-state index is -4.40. The van der Waals surface area contributed by atoms with E-state index in [1.807, 2.05) is 0 Å². The van der Waals surface area contributed by atoms with E-state index in [9.17, 15) is 19.0 Å². The average Bonchev–Trinajstić information content (AvgIpc) is 3.24. The molecular formula is C50H86NO8P. The van der Waals surface area contributed by atoms with Crippen molar-refractivity contribution in [2.45, 2.75) is 193 Å². The van der Waals surface area contributed by atoms with E-state index in [0.29, 0.717) is 6.42 Å². The summed E-state index contributed by atoms with van der Waals surface area (Å²) in [6.07, 6.45) is 57.6. The largest absolute Gasteiger partial charge is 0.472 e. The van der Waals surface area contributed by atoms with Crippen LogP contribution in [0.25, 0.3) is 0 Å². The van der Waals surface area contributed by atoms with Crippen molar-refractivity contribution in [3.63, 3.8) is 0 Å². The van der Waals surface area contributed by atoms with E-state index in [4.69, 9.17) is 24.3 Å². The van der Waals surface area contributed by atoms with Gasteiger partial charge in [0.2, 0.25) is 0 Å². The molecule has 0 aliphatic rings. The molecule has 0 rings (SSSR count). The Morgan fingerprint density at radius 2 is 0.917 bits per heavy atom. The van der Waals surface area contributed by atoms with Crippen LogP contribution in [-0.2, 0) is 32.7 Å². The highest BCUT2D eigenvalue weighted by Gasteiger charge is 2.26. The summed E-state index contributed by atoms with van der Waals surface area (Å²) in [5.41, 5.74) is 5.35. The first-order valence-electron chi connectivity index (χ1n) is 23.6. The lowest BCUT2D eigenvalue weighted by Crippen LogP contribution is -2.29. The Labute approximate surface area is 366 Å². The summed E-state index contributed by atoms with van der Waals surface area (Å²) in [6.45, 7) is 3.56. The molecule has 0 aromatic rings. The monoisotopic (exact) mass is 860 g/mol. The zero-order valence-electron chi connectivity index (χ0n) is 37.9. The Hall–Kier alpha value is -2.81. The summed E-state index contributed by atoms with van der Waals surface area (Å²) < 4.78 is 32.8. The number of hydrogen-bond donors (Lipinski definition) is 2. The molecule has 60 heavy (non-hydrogen) atoms. The van der Waals surface area contributed by atoms with E-state index in [1.54, 1.807) is 0 Å². The predicted octanol–water partition coefficient (Wildman–Crippen LogP) is 14.0. The highest BCUT2D eigenvalue weighted by Crippen LogP contribution is 2.43. The standard InChI is InChI=1S/C50H86NO8P/c1-3-5-7-9-11-13-15-17-19-21-23-24-25-27-29-31-33-35-37-39-41-43-50(53)59-48(47-58-60(54,55)57-45-44-51)46-56-49(52)42-40-38-36-34-32-30-28-26-22-20-18-16-14-12-10-8-6-4-2/h5,7,11,13,17,19-20,22-24,27,29,33,35,48H,3-4,6,8-10,12,14-16,18,21,25-26,28,30-32,34,36-47,51H2,1-2H3,(H,54,55)/b7-5-,13-11-,19-17-,22-20-,24-23-,29-27-,35-33-. The number of nitrogens with two attached hydrogens (primary N) is 1. The minimum absolute atomic E-state index is 0.0412. The zero-order chi connectivity index (χ0) is 43.9. The summed E-state index contributed by atoms with van der Waals surface area (Å²) in [5.74, 6) is -0.889. The maximum Gasteiger partial charge on any atom is 0.472 e. The van der Waals surface area contributed by atoms with Gasteiger partial charge >= 0.3 is 19.8 Å². The van der Waals surface area contributed by atoms with Crippen LogP contribution >= 0.6 is 7.82 Å². The lowest BCUT2D eigenvalue weighted by molar-refractivity contribution is -0.161. The van der Waals surface area contributed by atoms with Crippen LogP contribution < -0.4 is 5.73 Å². The molecule has 0 aliphatic carbocycles. The second kappa shape index (κ2) is 45.7. The van der Waals surface area contributed by atoms with Gasteiger partial charge in [0.05, 0.1) is 13.2 Å². The third-order valence-corrected chi connectivity index (χ3v) is 10.5. The number of unbranched alkanes of at least 4 members (excludes halogenated alkanes) is 16. The van der Waals surface area contributed by atoms with E-state index >= 15 is 0 Å². The van der Waals surface area contributed by atoms with Gasteiger partial charge in [0.15, 0.2) is 6.10 Å².